The summed E-state index contributed by atoms with van der Waals surface area (Å²) in [5.74, 6) is 0.546. The van der Waals surface area contributed by atoms with E-state index in [1.807, 2.05) is 6.07 Å². The summed E-state index contributed by atoms with van der Waals surface area (Å²) in [6.07, 6.45) is 8.17. The van der Waals surface area contributed by atoms with E-state index in [1.54, 1.807) is 0 Å². The molecule has 2 atom stereocenters. The Bertz CT molecular complexity index is 683. The highest BCUT2D eigenvalue weighted by molar-refractivity contribution is 5.44. The van der Waals surface area contributed by atoms with Crippen molar-refractivity contribution in [1.29, 1.82) is 10.5 Å². The first-order valence-corrected chi connectivity index (χ1v) is 7.95. The van der Waals surface area contributed by atoms with Gasteiger partial charge in [0.05, 0.1) is 12.1 Å². The largest absolute Gasteiger partial charge is 0.196 e. The summed E-state index contributed by atoms with van der Waals surface area (Å²) < 4.78 is 0. The first kappa shape index (κ1) is 14.6. The number of benzene rings is 1. The fraction of sp³-hybridized carbons (Fsp3) is 0.400. The Morgan fingerprint density at radius 1 is 1.14 bits per heavy atom. The summed E-state index contributed by atoms with van der Waals surface area (Å²) in [6.45, 7) is 2.05. The molecule has 0 aromatic heterocycles. The Morgan fingerprint density at radius 3 is 2.55 bits per heavy atom. The van der Waals surface area contributed by atoms with Gasteiger partial charge >= 0.3 is 0 Å². The molecule has 1 aromatic rings. The number of nitrogens with zero attached hydrogens (tertiary/aromatic N) is 2. The monoisotopic (exact) mass is 288 g/mol. The third-order valence-corrected chi connectivity index (χ3v) is 4.98. The fourth-order valence-corrected chi connectivity index (χ4v) is 4.00. The van der Waals surface area contributed by atoms with E-state index in [9.17, 15) is 10.5 Å². The SMILES string of the molecule is CC1=CC(c2ccccc2)C2CCCC=C2C(C#N)(C#N)C1. The highest BCUT2D eigenvalue weighted by atomic mass is 14.5. The standard InChI is InChI=1S/C20H20N2/c1-15-11-18(16-7-3-2-4-8-16)17-9-5-6-10-19(17)20(12-15,13-21)14-22/h2-4,7-8,10-11,17-18H,5-6,9,12H2,1H3. The molecule has 22 heavy (non-hydrogen) atoms. The molecule has 0 heterocycles. The van der Waals surface area contributed by atoms with E-state index in [0.717, 1.165) is 30.4 Å². The molecule has 0 bridgehead atoms. The lowest BCUT2D eigenvalue weighted by Gasteiger charge is -2.33. The normalized spacial score (nSPS) is 26.5. The average molecular weight is 288 g/mol. The van der Waals surface area contributed by atoms with Gasteiger partial charge in [-0.3, -0.25) is 0 Å². The summed E-state index contributed by atoms with van der Waals surface area (Å²) >= 11 is 0. The minimum Gasteiger partial charge on any atom is -0.196 e. The molecule has 0 aliphatic heterocycles. The van der Waals surface area contributed by atoms with Crippen LogP contribution < -0.4 is 0 Å². The molecule has 1 aromatic carbocycles. The van der Waals surface area contributed by atoms with Crippen LogP contribution in [0.4, 0.5) is 0 Å². The number of nitriles is 2. The molecule has 0 fully saturated rings. The van der Waals surface area contributed by atoms with Crippen LogP contribution in [0.5, 0.6) is 0 Å². The van der Waals surface area contributed by atoms with Crippen LogP contribution >= 0.6 is 0 Å². The van der Waals surface area contributed by atoms with E-state index < -0.39 is 5.41 Å². The van der Waals surface area contributed by atoms with E-state index in [-0.39, 0.29) is 11.8 Å². The predicted octanol–water partition coefficient (Wildman–Crippen LogP) is 4.88. The van der Waals surface area contributed by atoms with E-state index in [2.05, 4.69) is 55.5 Å². The van der Waals surface area contributed by atoms with Gasteiger partial charge in [-0.15, -0.1) is 0 Å². The summed E-state index contributed by atoms with van der Waals surface area (Å²) in [7, 11) is 0. The number of fused-ring (bicyclic) bond motifs is 1. The fourth-order valence-electron chi connectivity index (χ4n) is 4.00. The van der Waals surface area contributed by atoms with Crippen molar-refractivity contribution in [2.24, 2.45) is 11.3 Å². The summed E-state index contributed by atoms with van der Waals surface area (Å²) in [5.41, 5.74) is 2.51. The van der Waals surface area contributed by atoms with E-state index >= 15 is 0 Å². The first-order valence-electron chi connectivity index (χ1n) is 7.95. The quantitative estimate of drug-likeness (QED) is 0.691. The number of rotatable bonds is 1. The van der Waals surface area contributed by atoms with Gasteiger partial charge in [0, 0.05) is 12.3 Å². The van der Waals surface area contributed by atoms with Gasteiger partial charge in [-0.1, -0.05) is 48.1 Å². The summed E-state index contributed by atoms with van der Waals surface area (Å²) in [6, 6.07) is 15.2. The van der Waals surface area contributed by atoms with Crippen molar-refractivity contribution in [3.05, 3.63) is 59.2 Å². The van der Waals surface area contributed by atoms with Crippen molar-refractivity contribution < 1.29 is 0 Å². The van der Waals surface area contributed by atoms with Crippen molar-refractivity contribution in [2.75, 3.05) is 0 Å². The van der Waals surface area contributed by atoms with E-state index in [0.29, 0.717) is 6.42 Å². The molecule has 0 radical (unpaired) electrons. The number of hydrogen-bond acceptors (Lipinski definition) is 2. The van der Waals surface area contributed by atoms with Crippen LogP contribution in [-0.4, -0.2) is 0 Å². The van der Waals surface area contributed by atoms with E-state index in [1.165, 1.54) is 5.56 Å². The van der Waals surface area contributed by atoms with Gasteiger partial charge in [-0.05, 0) is 43.2 Å². The number of allylic oxidation sites excluding steroid dienone is 4. The Morgan fingerprint density at radius 2 is 1.86 bits per heavy atom. The second-order valence-electron chi connectivity index (χ2n) is 6.45. The van der Waals surface area contributed by atoms with Crippen molar-refractivity contribution >= 4 is 0 Å². The topological polar surface area (TPSA) is 47.6 Å². The second-order valence-corrected chi connectivity index (χ2v) is 6.45. The molecule has 2 nitrogen and oxygen atoms in total. The Hall–Kier alpha value is -2.32. The molecule has 3 rings (SSSR count). The van der Waals surface area contributed by atoms with Gasteiger partial charge < -0.3 is 0 Å². The van der Waals surface area contributed by atoms with Gasteiger partial charge in [-0.25, -0.2) is 0 Å². The van der Waals surface area contributed by atoms with Gasteiger partial charge in [0.25, 0.3) is 0 Å². The van der Waals surface area contributed by atoms with Crippen LogP contribution in [-0.2, 0) is 0 Å². The molecule has 110 valence electrons. The lowest BCUT2D eigenvalue weighted by atomic mass is 9.67. The molecule has 0 N–H and O–H groups in total. The molecule has 2 heteroatoms. The smallest absolute Gasteiger partial charge is 0.168 e. The molecule has 0 saturated carbocycles. The zero-order chi connectivity index (χ0) is 15.6. The van der Waals surface area contributed by atoms with Crippen LogP contribution in [0.2, 0.25) is 0 Å². The van der Waals surface area contributed by atoms with Crippen LogP contribution in [0, 0.1) is 34.0 Å². The summed E-state index contributed by atoms with van der Waals surface area (Å²) in [5, 5.41) is 19.5. The van der Waals surface area contributed by atoms with Crippen molar-refractivity contribution in [2.45, 2.75) is 38.5 Å². The van der Waals surface area contributed by atoms with Gasteiger partial charge in [-0.2, -0.15) is 10.5 Å². The highest BCUT2D eigenvalue weighted by Crippen LogP contribution is 2.50. The van der Waals surface area contributed by atoms with Crippen LogP contribution in [0.3, 0.4) is 0 Å². The predicted molar refractivity (Wildman–Crippen MR) is 86.6 cm³/mol. The lowest BCUT2D eigenvalue weighted by molar-refractivity contribution is 0.415. The lowest BCUT2D eigenvalue weighted by Crippen LogP contribution is -2.27. The maximum absolute atomic E-state index is 9.74. The maximum Gasteiger partial charge on any atom is 0.168 e. The minimum absolute atomic E-state index is 0.271. The molecule has 2 unspecified atom stereocenters. The Balaban J connectivity index is 2.14. The second kappa shape index (κ2) is 5.82. The van der Waals surface area contributed by atoms with Crippen molar-refractivity contribution in [3.8, 4) is 12.1 Å². The van der Waals surface area contributed by atoms with Crippen molar-refractivity contribution in [1.82, 2.24) is 0 Å². The molecular weight excluding hydrogens is 268 g/mol. The van der Waals surface area contributed by atoms with E-state index in [4.69, 9.17) is 0 Å². The third-order valence-electron chi connectivity index (χ3n) is 4.98. The first-order chi connectivity index (χ1) is 10.7. The average Bonchev–Trinajstić information content (AvgIpc) is 2.71. The maximum atomic E-state index is 9.74. The van der Waals surface area contributed by atoms with Gasteiger partial charge in [0.1, 0.15) is 0 Å². The summed E-state index contributed by atoms with van der Waals surface area (Å²) in [4.78, 5) is 0. The zero-order valence-corrected chi connectivity index (χ0v) is 12.9. The zero-order valence-electron chi connectivity index (χ0n) is 12.9. The molecule has 0 spiro atoms. The van der Waals surface area contributed by atoms with Crippen molar-refractivity contribution in [3.63, 3.8) is 0 Å². The minimum atomic E-state index is -0.977. The van der Waals surface area contributed by atoms with Gasteiger partial charge in [0.15, 0.2) is 5.41 Å². The Labute approximate surface area is 132 Å². The highest BCUT2D eigenvalue weighted by Gasteiger charge is 2.44. The molecular formula is C20H20N2. The third kappa shape index (κ3) is 2.36. The molecule has 2 aliphatic carbocycles. The van der Waals surface area contributed by atoms with Crippen LogP contribution in [0.25, 0.3) is 0 Å². The molecule has 2 aliphatic rings. The molecule has 0 saturated heterocycles. The molecule has 0 amide bonds. The van der Waals surface area contributed by atoms with Crippen LogP contribution in [0.15, 0.2) is 53.6 Å². The number of hydrogen-bond donors (Lipinski definition) is 0. The van der Waals surface area contributed by atoms with Crippen LogP contribution in [0.1, 0.15) is 44.1 Å². The Kier molecular flexibility index (Phi) is 3.86. The van der Waals surface area contributed by atoms with Gasteiger partial charge in [0.2, 0.25) is 0 Å².